The number of aliphatic hydroxyl groups is 1. The molecule has 0 radical (unpaired) electrons. The Morgan fingerprint density at radius 2 is 2.24 bits per heavy atom. The Hall–Kier alpha value is -1.68. The number of aliphatic hydroxyl groups excluding tert-OH is 1. The van der Waals surface area contributed by atoms with Gasteiger partial charge in [-0.15, -0.1) is 0 Å². The zero-order chi connectivity index (χ0) is 15.7. The number of halogens is 3. The molecule has 0 bridgehead atoms. The maximum Gasteiger partial charge on any atom is 0.261 e. The zero-order valence-corrected chi connectivity index (χ0v) is 11.8. The molecule has 1 amide bonds. The molecule has 0 saturated carbocycles. The zero-order valence-electron chi connectivity index (χ0n) is 11.0. The highest BCUT2D eigenvalue weighted by atomic mass is 35.5. The molecular formula is C14H14ClF2NO3. The Balaban J connectivity index is 2.60. The lowest BCUT2D eigenvalue weighted by atomic mass is 10.1. The van der Waals surface area contributed by atoms with Crippen LogP contribution in [0.5, 0.6) is 0 Å². The molecule has 1 aromatic rings. The van der Waals surface area contributed by atoms with Gasteiger partial charge in [0, 0.05) is 10.6 Å². The van der Waals surface area contributed by atoms with Crippen LogP contribution in [0.15, 0.2) is 18.2 Å². The molecule has 21 heavy (non-hydrogen) atoms. The number of benzene rings is 1. The van der Waals surface area contributed by atoms with Crippen LogP contribution in [0.3, 0.4) is 0 Å². The Morgan fingerprint density at radius 1 is 1.48 bits per heavy atom. The van der Waals surface area contributed by atoms with E-state index in [9.17, 15) is 13.6 Å². The van der Waals surface area contributed by atoms with Gasteiger partial charge in [-0.3, -0.25) is 4.79 Å². The van der Waals surface area contributed by atoms with Crippen LogP contribution >= 0.6 is 11.6 Å². The van der Waals surface area contributed by atoms with Crippen molar-refractivity contribution in [3.8, 4) is 11.8 Å². The van der Waals surface area contributed by atoms with E-state index in [2.05, 4.69) is 21.9 Å². The van der Waals surface area contributed by atoms with Crippen molar-refractivity contribution in [2.24, 2.45) is 0 Å². The number of alkyl halides is 2. The van der Waals surface area contributed by atoms with Crippen molar-refractivity contribution < 1.29 is 23.4 Å². The molecule has 0 saturated heterocycles. The number of hydrogen-bond acceptors (Lipinski definition) is 3. The second-order valence-corrected chi connectivity index (χ2v) is 4.35. The van der Waals surface area contributed by atoms with Crippen LogP contribution in [0.1, 0.15) is 12.0 Å². The summed E-state index contributed by atoms with van der Waals surface area (Å²) in [6.45, 7) is -1.11. The molecule has 0 spiro atoms. The Morgan fingerprint density at radius 3 is 2.90 bits per heavy atom. The quantitative estimate of drug-likeness (QED) is 0.625. The predicted molar refractivity (Wildman–Crippen MR) is 75.5 cm³/mol. The summed E-state index contributed by atoms with van der Waals surface area (Å²) < 4.78 is 28.3. The average molecular weight is 318 g/mol. The highest BCUT2D eigenvalue weighted by Crippen LogP contribution is 2.20. The standard InChI is InChI=1S/C14H14ClF2NO3/c15-11-4-3-10(2-1-6-19)12(8-11)18-14(20)5-7-21-9-13(16)17/h3-4,8,13,19H,5-7,9H2,(H,18,20). The highest BCUT2D eigenvalue weighted by Gasteiger charge is 2.08. The molecule has 0 heterocycles. The topological polar surface area (TPSA) is 58.6 Å². The minimum absolute atomic E-state index is 0.0634. The third-order valence-corrected chi connectivity index (χ3v) is 2.51. The van der Waals surface area contributed by atoms with Crippen LogP contribution in [0, 0.1) is 11.8 Å². The molecule has 1 aromatic carbocycles. The minimum atomic E-state index is -2.55. The lowest BCUT2D eigenvalue weighted by molar-refractivity contribution is -0.117. The fraction of sp³-hybridized carbons (Fsp3) is 0.357. The van der Waals surface area contributed by atoms with E-state index >= 15 is 0 Å². The van der Waals surface area contributed by atoms with Gasteiger partial charge >= 0.3 is 0 Å². The number of anilines is 1. The molecule has 2 N–H and O–H groups in total. The molecule has 0 aromatic heterocycles. The van der Waals surface area contributed by atoms with Gasteiger partial charge in [-0.2, -0.15) is 0 Å². The van der Waals surface area contributed by atoms with Crippen molar-refractivity contribution in [1.29, 1.82) is 0 Å². The van der Waals surface area contributed by atoms with Crippen molar-refractivity contribution in [1.82, 2.24) is 0 Å². The summed E-state index contributed by atoms with van der Waals surface area (Å²) in [7, 11) is 0. The van der Waals surface area contributed by atoms with E-state index in [1.165, 1.54) is 6.07 Å². The van der Waals surface area contributed by atoms with E-state index in [1.807, 2.05) is 0 Å². The normalized spacial score (nSPS) is 10.1. The highest BCUT2D eigenvalue weighted by molar-refractivity contribution is 6.31. The van der Waals surface area contributed by atoms with Gasteiger partial charge in [-0.25, -0.2) is 8.78 Å². The number of carbonyl (C=O) groups is 1. The number of nitrogens with one attached hydrogen (secondary N) is 1. The first-order valence-electron chi connectivity index (χ1n) is 6.08. The smallest absolute Gasteiger partial charge is 0.261 e. The summed E-state index contributed by atoms with van der Waals surface area (Å²) in [5.74, 6) is 4.74. The van der Waals surface area contributed by atoms with Crippen LogP contribution < -0.4 is 5.32 Å². The first kappa shape index (κ1) is 17.4. The van der Waals surface area contributed by atoms with Crippen molar-refractivity contribution >= 4 is 23.2 Å². The molecule has 0 atom stereocenters. The third-order valence-electron chi connectivity index (χ3n) is 2.28. The maximum absolute atomic E-state index is 11.8. The van der Waals surface area contributed by atoms with E-state index in [-0.39, 0.29) is 19.6 Å². The Kier molecular flexibility index (Phi) is 7.69. The van der Waals surface area contributed by atoms with Crippen LogP contribution in [0.25, 0.3) is 0 Å². The van der Waals surface area contributed by atoms with Gasteiger partial charge < -0.3 is 15.2 Å². The van der Waals surface area contributed by atoms with Crippen LogP contribution in [0.4, 0.5) is 14.5 Å². The van der Waals surface area contributed by atoms with E-state index in [1.54, 1.807) is 12.1 Å². The fourth-order valence-electron chi connectivity index (χ4n) is 1.41. The SMILES string of the molecule is O=C(CCOCC(F)F)Nc1cc(Cl)ccc1C#CCO. The third kappa shape index (κ3) is 7.04. The first-order chi connectivity index (χ1) is 10.0. The minimum Gasteiger partial charge on any atom is -0.384 e. The molecule has 0 fully saturated rings. The summed E-state index contributed by atoms with van der Waals surface area (Å²) in [4.78, 5) is 11.7. The largest absolute Gasteiger partial charge is 0.384 e. The summed E-state index contributed by atoms with van der Waals surface area (Å²) in [6, 6.07) is 4.72. The molecule has 0 aliphatic carbocycles. The van der Waals surface area contributed by atoms with Crippen LogP contribution in [-0.2, 0) is 9.53 Å². The van der Waals surface area contributed by atoms with Gasteiger partial charge in [-0.05, 0) is 18.2 Å². The van der Waals surface area contributed by atoms with Gasteiger partial charge in [0.15, 0.2) is 0 Å². The molecule has 1 rings (SSSR count). The summed E-state index contributed by atoms with van der Waals surface area (Å²) in [6.07, 6.45) is -2.62. The lowest BCUT2D eigenvalue weighted by Crippen LogP contribution is -2.16. The molecule has 4 nitrogen and oxygen atoms in total. The van der Waals surface area contributed by atoms with Crippen molar-refractivity contribution in [3.05, 3.63) is 28.8 Å². The summed E-state index contributed by atoms with van der Waals surface area (Å²) >= 11 is 5.84. The average Bonchev–Trinajstić information content (AvgIpc) is 2.42. The fourth-order valence-corrected chi connectivity index (χ4v) is 1.59. The number of hydrogen-bond donors (Lipinski definition) is 2. The van der Waals surface area contributed by atoms with Crippen molar-refractivity contribution in [2.45, 2.75) is 12.8 Å². The molecule has 7 heteroatoms. The van der Waals surface area contributed by atoms with E-state index in [0.29, 0.717) is 16.3 Å². The first-order valence-corrected chi connectivity index (χ1v) is 6.45. The Bertz CT molecular complexity index is 541. The van der Waals surface area contributed by atoms with E-state index < -0.39 is 18.9 Å². The lowest BCUT2D eigenvalue weighted by Gasteiger charge is -2.08. The maximum atomic E-state index is 11.8. The second kappa shape index (κ2) is 9.29. The van der Waals surface area contributed by atoms with Gasteiger partial charge in [0.2, 0.25) is 5.91 Å². The second-order valence-electron chi connectivity index (χ2n) is 3.91. The molecule has 0 aliphatic rings. The van der Waals surface area contributed by atoms with Gasteiger partial charge in [0.25, 0.3) is 6.43 Å². The summed E-state index contributed by atoms with van der Waals surface area (Å²) in [5.41, 5.74) is 0.887. The summed E-state index contributed by atoms with van der Waals surface area (Å²) in [5, 5.41) is 11.7. The number of rotatable bonds is 6. The van der Waals surface area contributed by atoms with E-state index in [4.69, 9.17) is 16.7 Å². The van der Waals surface area contributed by atoms with E-state index in [0.717, 1.165) is 0 Å². The monoisotopic (exact) mass is 317 g/mol. The molecule has 0 aliphatic heterocycles. The molecule has 0 unspecified atom stereocenters. The van der Waals surface area contributed by atoms with Gasteiger partial charge in [0.1, 0.15) is 13.2 Å². The number of ether oxygens (including phenoxy) is 1. The number of amides is 1. The van der Waals surface area contributed by atoms with Gasteiger partial charge in [0.05, 0.1) is 18.7 Å². The molecular weight excluding hydrogens is 304 g/mol. The van der Waals surface area contributed by atoms with Crippen molar-refractivity contribution in [3.63, 3.8) is 0 Å². The Labute approximate surface area is 126 Å². The predicted octanol–water partition coefficient (Wildman–Crippen LogP) is 2.29. The number of carbonyl (C=O) groups excluding carboxylic acids is 1. The van der Waals surface area contributed by atoms with Crippen LogP contribution in [-0.4, -0.2) is 37.3 Å². The van der Waals surface area contributed by atoms with Gasteiger partial charge in [-0.1, -0.05) is 23.4 Å². The molecule has 114 valence electrons. The van der Waals surface area contributed by atoms with Crippen molar-refractivity contribution in [2.75, 3.05) is 25.1 Å². The van der Waals surface area contributed by atoms with Crippen LogP contribution in [0.2, 0.25) is 5.02 Å².